The maximum atomic E-state index is 12.2. The maximum absolute atomic E-state index is 12.2. The molecule has 1 saturated carbocycles. The van der Waals surface area contributed by atoms with E-state index in [-0.39, 0.29) is 0 Å². The number of hydrogen-bond donors (Lipinski definition) is 1. The number of aliphatic carboxylic acids is 1. The highest BCUT2D eigenvalue weighted by Crippen LogP contribution is 2.36. The minimum Gasteiger partial charge on any atom is -0.480 e. The van der Waals surface area contributed by atoms with Gasteiger partial charge in [0.1, 0.15) is 11.6 Å². The molecule has 5 heteroatoms. The maximum Gasteiger partial charge on any atom is 0.411 e. The van der Waals surface area contributed by atoms with Crippen molar-refractivity contribution in [2.24, 2.45) is 11.8 Å². The second-order valence-electron chi connectivity index (χ2n) is 7.47. The standard InChI is InChI=1S/C16H27NO4/c1-16(2,3)21-15(20)17-10-12(9-13(17)14(18)19)8-11-6-4-5-7-11/h11-13H,4-10H2,1-3H3,(H,18,19)/t12?,13-/m0/s1. The molecular weight excluding hydrogens is 270 g/mol. The molecule has 1 N–H and O–H groups in total. The number of carboxylic acids is 1. The molecule has 1 amide bonds. The largest absolute Gasteiger partial charge is 0.480 e. The molecule has 2 rings (SSSR count). The molecule has 2 atom stereocenters. The van der Waals surface area contributed by atoms with Crippen LogP contribution in [0.5, 0.6) is 0 Å². The van der Waals surface area contributed by atoms with E-state index in [9.17, 15) is 14.7 Å². The Morgan fingerprint density at radius 1 is 1.19 bits per heavy atom. The van der Waals surface area contributed by atoms with Gasteiger partial charge >= 0.3 is 12.1 Å². The minimum atomic E-state index is -0.921. The molecule has 1 aliphatic heterocycles. The smallest absolute Gasteiger partial charge is 0.411 e. The van der Waals surface area contributed by atoms with E-state index in [1.54, 1.807) is 20.8 Å². The number of hydrogen-bond acceptors (Lipinski definition) is 3. The number of ether oxygens (including phenoxy) is 1. The van der Waals surface area contributed by atoms with Gasteiger partial charge in [-0.25, -0.2) is 9.59 Å². The number of carboxylic acid groups (broad SMARTS) is 1. The Hall–Kier alpha value is -1.26. The number of nitrogens with zero attached hydrogens (tertiary/aromatic N) is 1. The quantitative estimate of drug-likeness (QED) is 0.868. The molecule has 0 aromatic carbocycles. The molecule has 0 spiro atoms. The van der Waals surface area contributed by atoms with Gasteiger partial charge in [0.2, 0.25) is 0 Å². The summed E-state index contributed by atoms with van der Waals surface area (Å²) in [6, 6.07) is -0.730. The summed E-state index contributed by atoms with van der Waals surface area (Å²) in [6.07, 6.45) is 6.18. The van der Waals surface area contributed by atoms with Crippen LogP contribution < -0.4 is 0 Å². The lowest BCUT2D eigenvalue weighted by atomic mass is 9.91. The zero-order valence-electron chi connectivity index (χ0n) is 13.3. The Labute approximate surface area is 126 Å². The lowest BCUT2D eigenvalue weighted by molar-refractivity contribution is -0.142. The molecule has 0 bridgehead atoms. The molecule has 0 radical (unpaired) electrons. The molecular formula is C16H27NO4. The van der Waals surface area contributed by atoms with Crippen LogP contribution in [0.15, 0.2) is 0 Å². The van der Waals surface area contributed by atoms with Crippen LogP contribution in [0.2, 0.25) is 0 Å². The zero-order chi connectivity index (χ0) is 15.6. The van der Waals surface area contributed by atoms with Crippen molar-refractivity contribution in [1.82, 2.24) is 4.90 Å². The third-order valence-electron chi connectivity index (χ3n) is 4.44. The summed E-state index contributed by atoms with van der Waals surface area (Å²) in [7, 11) is 0. The van der Waals surface area contributed by atoms with E-state index in [0.717, 1.165) is 6.42 Å². The highest BCUT2D eigenvalue weighted by atomic mass is 16.6. The first-order valence-corrected chi connectivity index (χ1v) is 7.98. The van der Waals surface area contributed by atoms with Crippen molar-refractivity contribution < 1.29 is 19.4 Å². The summed E-state index contributed by atoms with van der Waals surface area (Å²) in [4.78, 5) is 25.0. The summed E-state index contributed by atoms with van der Waals surface area (Å²) in [5, 5.41) is 9.36. The number of rotatable bonds is 3. The summed E-state index contributed by atoms with van der Waals surface area (Å²) < 4.78 is 5.34. The van der Waals surface area contributed by atoms with Gasteiger partial charge in [0.25, 0.3) is 0 Å². The number of carbonyl (C=O) groups excluding carboxylic acids is 1. The predicted octanol–water partition coefficient (Wildman–Crippen LogP) is 3.28. The van der Waals surface area contributed by atoms with Crippen molar-refractivity contribution >= 4 is 12.1 Å². The van der Waals surface area contributed by atoms with E-state index in [2.05, 4.69) is 0 Å². The lowest BCUT2D eigenvalue weighted by Gasteiger charge is -2.27. The first-order valence-electron chi connectivity index (χ1n) is 7.98. The van der Waals surface area contributed by atoms with Crippen LogP contribution in [0.25, 0.3) is 0 Å². The van der Waals surface area contributed by atoms with Crippen molar-refractivity contribution in [2.75, 3.05) is 6.54 Å². The SMILES string of the molecule is CC(C)(C)OC(=O)N1CC(CC2CCCC2)C[C@H]1C(=O)O. The van der Waals surface area contributed by atoms with Gasteiger partial charge in [0.15, 0.2) is 0 Å². The third kappa shape index (κ3) is 4.35. The van der Waals surface area contributed by atoms with Gasteiger partial charge in [-0.15, -0.1) is 0 Å². The first kappa shape index (κ1) is 16.1. The molecule has 1 aliphatic carbocycles. The second kappa shape index (κ2) is 6.24. The van der Waals surface area contributed by atoms with Crippen LogP contribution in [0.3, 0.4) is 0 Å². The number of likely N-dealkylation sites (tertiary alicyclic amines) is 1. The van der Waals surface area contributed by atoms with Crippen molar-refractivity contribution in [3.8, 4) is 0 Å². The second-order valence-corrected chi connectivity index (χ2v) is 7.47. The summed E-state index contributed by atoms with van der Waals surface area (Å²) >= 11 is 0. The molecule has 21 heavy (non-hydrogen) atoms. The van der Waals surface area contributed by atoms with E-state index >= 15 is 0 Å². The average Bonchev–Trinajstić information content (AvgIpc) is 2.96. The summed E-state index contributed by atoms with van der Waals surface area (Å²) in [5.41, 5.74) is -0.594. The Kier molecular flexibility index (Phi) is 4.79. The van der Waals surface area contributed by atoms with E-state index in [1.165, 1.54) is 30.6 Å². The van der Waals surface area contributed by atoms with Gasteiger partial charge < -0.3 is 9.84 Å². The Bertz CT molecular complexity index is 396. The molecule has 0 aromatic rings. The van der Waals surface area contributed by atoms with E-state index in [4.69, 9.17) is 4.74 Å². The van der Waals surface area contributed by atoms with E-state index in [0.29, 0.717) is 24.8 Å². The van der Waals surface area contributed by atoms with Crippen molar-refractivity contribution in [3.63, 3.8) is 0 Å². The third-order valence-corrected chi connectivity index (χ3v) is 4.44. The molecule has 1 unspecified atom stereocenters. The van der Waals surface area contributed by atoms with Crippen LogP contribution in [0.1, 0.15) is 59.3 Å². The van der Waals surface area contributed by atoms with Gasteiger partial charge in [0, 0.05) is 6.54 Å². The minimum absolute atomic E-state index is 0.293. The van der Waals surface area contributed by atoms with Crippen LogP contribution in [0.4, 0.5) is 4.79 Å². The monoisotopic (exact) mass is 297 g/mol. The molecule has 120 valence electrons. The topological polar surface area (TPSA) is 66.8 Å². The fourth-order valence-electron chi connectivity index (χ4n) is 3.57. The number of carbonyl (C=O) groups is 2. The first-order chi connectivity index (χ1) is 9.76. The number of amides is 1. The molecule has 5 nitrogen and oxygen atoms in total. The Balaban J connectivity index is 1.97. The zero-order valence-corrected chi connectivity index (χ0v) is 13.3. The van der Waals surface area contributed by atoms with Crippen molar-refractivity contribution in [3.05, 3.63) is 0 Å². The van der Waals surface area contributed by atoms with Crippen molar-refractivity contribution in [1.29, 1.82) is 0 Å². The molecule has 1 heterocycles. The summed E-state index contributed by atoms with van der Waals surface area (Å²) in [6.45, 7) is 5.91. The molecule has 1 saturated heterocycles. The van der Waals surface area contributed by atoms with Crippen LogP contribution in [-0.4, -0.2) is 40.3 Å². The van der Waals surface area contributed by atoms with E-state index in [1.807, 2.05) is 0 Å². The van der Waals surface area contributed by atoms with Gasteiger partial charge in [0.05, 0.1) is 0 Å². The van der Waals surface area contributed by atoms with E-state index < -0.39 is 23.7 Å². The highest BCUT2D eigenvalue weighted by molar-refractivity contribution is 5.81. The van der Waals surface area contributed by atoms with Crippen LogP contribution in [-0.2, 0) is 9.53 Å². The van der Waals surface area contributed by atoms with Gasteiger partial charge in [-0.2, -0.15) is 0 Å². The fourth-order valence-corrected chi connectivity index (χ4v) is 3.57. The molecule has 2 fully saturated rings. The van der Waals surface area contributed by atoms with Gasteiger partial charge in [-0.1, -0.05) is 25.7 Å². The lowest BCUT2D eigenvalue weighted by Crippen LogP contribution is -2.43. The van der Waals surface area contributed by atoms with Crippen molar-refractivity contribution in [2.45, 2.75) is 70.9 Å². The Morgan fingerprint density at radius 3 is 2.33 bits per heavy atom. The fraction of sp³-hybridized carbons (Fsp3) is 0.875. The van der Waals surface area contributed by atoms with Crippen LogP contribution in [0, 0.1) is 11.8 Å². The predicted molar refractivity (Wildman–Crippen MR) is 79.0 cm³/mol. The Morgan fingerprint density at radius 2 is 1.81 bits per heavy atom. The van der Waals surface area contributed by atoms with Gasteiger partial charge in [-0.3, -0.25) is 4.90 Å². The highest BCUT2D eigenvalue weighted by Gasteiger charge is 2.42. The average molecular weight is 297 g/mol. The summed E-state index contributed by atoms with van der Waals surface area (Å²) in [5.74, 6) is 0.0829. The molecule has 2 aliphatic rings. The molecule has 0 aromatic heterocycles. The normalized spacial score (nSPS) is 27.1. The van der Waals surface area contributed by atoms with Gasteiger partial charge in [-0.05, 0) is 45.4 Å². The van der Waals surface area contributed by atoms with Crippen LogP contribution >= 0.6 is 0 Å².